The van der Waals surface area contributed by atoms with Crippen LogP contribution in [0.3, 0.4) is 0 Å². The number of hydrogen-bond donors (Lipinski definition) is 1. The third-order valence-electron chi connectivity index (χ3n) is 1.13. The Morgan fingerprint density at radius 3 is 2.36 bits per heavy atom. The minimum Gasteiger partial charge on any atom is -0.330 e. The molecule has 0 aliphatic heterocycles. The summed E-state index contributed by atoms with van der Waals surface area (Å²) in [6.45, 7) is 6.41. The van der Waals surface area contributed by atoms with Gasteiger partial charge < -0.3 is 5.73 Å². The maximum absolute atomic E-state index is 10.3. The fourth-order valence-electron chi connectivity index (χ4n) is 0.672. The zero-order valence-corrected chi connectivity index (χ0v) is 7.26. The second-order valence-electron chi connectivity index (χ2n) is 2.46. The van der Waals surface area contributed by atoms with Crippen LogP contribution in [-0.2, 0) is 4.84 Å². The van der Waals surface area contributed by atoms with E-state index in [-0.39, 0.29) is 0 Å². The number of hydrogen-bond acceptors (Lipinski definition) is 2. The molecule has 0 heterocycles. The molecule has 0 spiro atoms. The standard InChI is InChI=1S/C7H14N2O2/c1-4-5-9(6(2)3)11-7(8)10/h4-5H2,1-3H3,(H-,8,10)/p+1. The van der Waals surface area contributed by atoms with E-state index in [2.05, 4.69) is 4.84 Å². The molecule has 0 aromatic carbocycles. The maximum Gasteiger partial charge on any atom is 0.472 e. The molecule has 0 rings (SSSR count). The number of carbonyl (C=O) groups is 1. The lowest BCUT2D eigenvalue weighted by molar-refractivity contribution is -0.759. The summed E-state index contributed by atoms with van der Waals surface area (Å²) >= 11 is 0. The highest BCUT2D eigenvalue weighted by Gasteiger charge is 2.10. The maximum atomic E-state index is 10.3. The van der Waals surface area contributed by atoms with Crippen molar-refractivity contribution in [3.63, 3.8) is 0 Å². The highest BCUT2D eigenvalue weighted by atomic mass is 16.7. The van der Waals surface area contributed by atoms with E-state index < -0.39 is 6.09 Å². The van der Waals surface area contributed by atoms with Crippen LogP contribution in [0.25, 0.3) is 0 Å². The van der Waals surface area contributed by atoms with E-state index in [1.165, 1.54) is 4.74 Å². The summed E-state index contributed by atoms with van der Waals surface area (Å²) in [6.07, 6.45) is 0.151. The van der Waals surface area contributed by atoms with Gasteiger partial charge in [-0.3, -0.25) is 0 Å². The van der Waals surface area contributed by atoms with Crippen LogP contribution in [0.15, 0.2) is 0 Å². The number of carbonyl (C=O) groups excluding carboxylic acids is 1. The molecule has 4 nitrogen and oxygen atoms in total. The Hall–Kier alpha value is -1.06. The second kappa shape index (κ2) is 4.71. The minimum atomic E-state index is -0.764. The smallest absolute Gasteiger partial charge is 0.330 e. The molecule has 0 atom stereocenters. The molecule has 0 fully saturated rings. The van der Waals surface area contributed by atoms with Crippen molar-refractivity contribution in [3.8, 4) is 0 Å². The third kappa shape index (κ3) is 4.36. The lowest BCUT2D eigenvalue weighted by atomic mass is 10.4. The summed E-state index contributed by atoms with van der Waals surface area (Å²) < 4.78 is 1.49. The molecule has 0 aliphatic carbocycles. The van der Waals surface area contributed by atoms with Gasteiger partial charge in [0, 0.05) is 20.3 Å². The van der Waals surface area contributed by atoms with Crippen LogP contribution >= 0.6 is 0 Å². The Bertz CT molecular complexity index is 171. The average molecular weight is 159 g/mol. The first-order chi connectivity index (χ1) is 5.07. The molecule has 2 N–H and O–H groups in total. The van der Waals surface area contributed by atoms with E-state index >= 15 is 0 Å². The number of hydroxylamine groups is 1. The van der Waals surface area contributed by atoms with Gasteiger partial charge in [0.05, 0.1) is 0 Å². The van der Waals surface area contributed by atoms with Crippen molar-refractivity contribution in [2.45, 2.75) is 27.2 Å². The Kier molecular flexibility index (Phi) is 4.26. The number of nitrogens with two attached hydrogens (primary N) is 1. The van der Waals surface area contributed by atoms with Crippen molar-refractivity contribution in [2.24, 2.45) is 5.73 Å². The first-order valence-electron chi connectivity index (χ1n) is 3.63. The summed E-state index contributed by atoms with van der Waals surface area (Å²) in [5.74, 6) is 0. The lowest BCUT2D eigenvalue weighted by Crippen LogP contribution is -2.26. The largest absolute Gasteiger partial charge is 0.472 e. The SMILES string of the molecule is CCC[N+](OC(N)=O)=C(C)C. The fraction of sp³-hybridized carbons (Fsp3) is 0.714. The van der Waals surface area contributed by atoms with Gasteiger partial charge in [0.1, 0.15) is 0 Å². The molecule has 0 radical (unpaired) electrons. The van der Waals surface area contributed by atoms with E-state index in [9.17, 15) is 4.79 Å². The summed E-state index contributed by atoms with van der Waals surface area (Å²) in [7, 11) is 0. The van der Waals surface area contributed by atoms with Gasteiger partial charge in [-0.15, -0.1) is 0 Å². The molecule has 4 heteroatoms. The van der Waals surface area contributed by atoms with E-state index in [1.54, 1.807) is 0 Å². The summed E-state index contributed by atoms with van der Waals surface area (Å²) in [5.41, 5.74) is 5.77. The minimum absolute atomic E-state index is 0.686. The van der Waals surface area contributed by atoms with Gasteiger partial charge in [-0.2, -0.15) is 4.84 Å². The molecule has 0 aromatic heterocycles. The van der Waals surface area contributed by atoms with Crippen LogP contribution < -0.4 is 5.73 Å². The predicted octanol–water partition coefficient (Wildman–Crippen LogP) is 0.900. The highest BCUT2D eigenvalue weighted by molar-refractivity contribution is 5.74. The van der Waals surface area contributed by atoms with Gasteiger partial charge >= 0.3 is 6.09 Å². The molecule has 0 saturated heterocycles. The summed E-state index contributed by atoms with van der Waals surface area (Å²) in [6, 6.07) is 0. The number of rotatable bonds is 3. The van der Waals surface area contributed by atoms with E-state index in [0.717, 1.165) is 12.1 Å². The lowest BCUT2D eigenvalue weighted by Gasteiger charge is -1.98. The molecule has 0 saturated carbocycles. The molecule has 0 aliphatic rings. The van der Waals surface area contributed by atoms with Gasteiger partial charge in [-0.05, 0) is 4.74 Å². The van der Waals surface area contributed by atoms with Crippen molar-refractivity contribution in [1.82, 2.24) is 0 Å². The molecule has 64 valence electrons. The van der Waals surface area contributed by atoms with Crippen molar-refractivity contribution >= 4 is 11.8 Å². The van der Waals surface area contributed by atoms with Crippen LogP contribution in [0.1, 0.15) is 27.2 Å². The quantitative estimate of drug-likeness (QED) is 0.288. The topological polar surface area (TPSA) is 55.3 Å². The van der Waals surface area contributed by atoms with Gasteiger partial charge in [-0.25, -0.2) is 4.79 Å². The first-order valence-corrected chi connectivity index (χ1v) is 3.63. The van der Waals surface area contributed by atoms with Crippen molar-refractivity contribution in [2.75, 3.05) is 6.54 Å². The monoisotopic (exact) mass is 159 g/mol. The number of amides is 1. The normalized spacial score (nSPS) is 9.00. The molecular weight excluding hydrogens is 144 g/mol. The molecule has 0 aromatic rings. The van der Waals surface area contributed by atoms with Gasteiger partial charge in [0.15, 0.2) is 12.3 Å². The van der Waals surface area contributed by atoms with Crippen LogP contribution in [0.2, 0.25) is 0 Å². The average Bonchev–Trinajstić information content (AvgIpc) is 1.86. The van der Waals surface area contributed by atoms with Crippen LogP contribution in [0.4, 0.5) is 4.79 Å². The van der Waals surface area contributed by atoms with E-state index in [4.69, 9.17) is 5.73 Å². The first kappa shape index (κ1) is 9.94. The van der Waals surface area contributed by atoms with E-state index in [1.807, 2.05) is 20.8 Å². The molecular formula is C7H15N2O2+. The van der Waals surface area contributed by atoms with E-state index in [0.29, 0.717) is 6.54 Å². The van der Waals surface area contributed by atoms with Crippen LogP contribution in [0.5, 0.6) is 0 Å². The van der Waals surface area contributed by atoms with Crippen molar-refractivity contribution in [1.29, 1.82) is 0 Å². The van der Waals surface area contributed by atoms with Gasteiger partial charge in [0.25, 0.3) is 0 Å². The summed E-state index contributed by atoms with van der Waals surface area (Å²) in [4.78, 5) is 15.0. The van der Waals surface area contributed by atoms with Crippen LogP contribution in [-0.4, -0.2) is 23.1 Å². The number of nitrogens with zero attached hydrogens (tertiary/aromatic N) is 1. The zero-order chi connectivity index (χ0) is 8.85. The van der Waals surface area contributed by atoms with Crippen molar-refractivity contribution in [3.05, 3.63) is 0 Å². The fourth-order valence-corrected chi connectivity index (χ4v) is 0.672. The summed E-state index contributed by atoms with van der Waals surface area (Å²) in [5, 5.41) is 0. The third-order valence-corrected chi connectivity index (χ3v) is 1.13. The number of primary amides is 1. The Morgan fingerprint density at radius 1 is 1.55 bits per heavy atom. The molecule has 0 unspecified atom stereocenters. The highest BCUT2D eigenvalue weighted by Crippen LogP contribution is 1.86. The zero-order valence-electron chi connectivity index (χ0n) is 7.26. The predicted molar refractivity (Wildman–Crippen MR) is 42.4 cm³/mol. The Labute approximate surface area is 66.6 Å². The van der Waals surface area contributed by atoms with Crippen LogP contribution in [0, 0.1) is 0 Å². The Morgan fingerprint density at radius 2 is 2.09 bits per heavy atom. The molecule has 0 bridgehead atoms. The van der Waals surface area contributed by atoms with Crippen molar-refractivity contribution < 1.29 is 14.4 Å². The molecule has 11 heavy (non-hydrogen) atoms. The van der Waals surface area contributed by atoms with Gasteiger partial charge in [0.2, 0.25) is 0 Å². The Balaban J connectivity index is 4.13. The molecule has 1 amide bonds. The van der Waals surface area contributed by atoms with Gasteiger partial charge in [-0.1, -0.05) is 6.92 Å². The second-order valence-corrected chi connectivity index (χ2v) is 2.46.